The molecule has 1 aliphatic rings. The highest BCUT2D eigenvalue weighted by molar-refractivity contribution is 5.98. The Hall–Kier alpha value is -1.82. The molecule has 0 unspecified atom stereocenters. The maximum Gasteiger partial charge on any atom is 0.341 e. The molecule has 1 atom stereocenters. The van der Waals surface area contributed by atoms with Crippen molar-refractivity contribution in [2.45, 2.75) is 12.5 Å². The zero-order valence-electron chi connectivity index (χ0n) is 9.74. The highest BCUT2D eigenvalue weighted by Gasteiger charge is 2.23. The Morgan fingerprint density at radius 3 is 2.89 bits per heavy atom. The summed E-state index contributed by atoms with van der Waals surface area (Å²) in [6, 6.07) is 2.66. The molecular weight excluding hydrogens is 242 g/mol. The number of nitrogens with zero attached hydrogens (tertiary/aromatic N) is 1. The van der Waals surface area contributed by atoms with E-state index in [2.05, 4.69) is 10.3 Å². The van der Waals surface area contributed by atoms with Crippen molar-refractivity contribution in [2.24, 2.45) is 4.99 Å². The lowest BCUT2D eigenvalue weighted by Gasteiger charge is -2.23. The monoisotopic (exact) mass is 254 g/mol. The lowest BCUT2D eigenvalue weighted by Crippen LogP contribution is -2.34. The predicted molar refractivity (Wildman–Crippen MR) is 61.6 cm³/mol. The van der Waals surface area contributed by atoms with Crippen molar-refractivity contribution < 1.29 is 18.3 Å². The molecule has 18 heavy (non-hydrogen) atoms. The van der Waals surface area contributed by atoms with Crippen LogP contribution in [0.25, 0.3) is 0 Å². The number of benzene rings is 1. The van der Waals surface area contributed by atoms with Gasteiger partial charge in [0.1, 0.15) is 0 Å². The van der Waals surface area contributed by atoms with Gasteiger partial charge in [-0.15, -0.1) is 0 Å². The van der Waals surface area contributed by atoms with Crippen LogP contribution in [0.15, 0.2) is 23.2 Å². The molecule has 0 saturated heterocycles. The van der Waals surface area contributed by atoms with E-state index in [1.807, 2.05) is 0 Å². The van der Waals surface area contributed by atoms with Crippen molar-refractivity contribution in [3.63, 3.8) is 0 Å². The second-order valence-electron chi connectivity index (χ2n) is 3.99. The smallest absolute Gasteiger partial charge is 0.341 e. The van der Waals surface area contributed by atoms with Crippen LogP contribution < -0.4 is 5.32 Å². The third kappa shape index (κ3) is 2.70. The molecule has 4 nitrogen and oxygen atoms in total. The highest BCUT2D eigenvalue weighted by atomic mass is 19.2. The first-order chi connectivity index (χ1) is 8.60. The molecule has 0 aromatic heterocycles. The largest absolute Gasteiger partial charge is 0.379 e. The van der Waals surface area contributed by atoms with Gasteiger partial charge in [0.2, 0.25) is 0 Å². The maximum atomic E-state index is 13.1. The Balaban J connectivity index is 2.21. The van der Waals surface area contributed by atoms with E-state index in [1.54, 1.807) is 0 Å². The number of nitrogens with one attached hydrogen (secondary N) is 1. The van der Waals surface area contributed by atoms with Gasteiger partial charge in [0.05, 0.1) is 18.4 Å². The molecule has 0 radical (unpaired) electrons. The van der Waals surface area contributed by atoms with Gasteiger partial charge in [-0.05, 0) is 17.7 Å². The average Bonchev–Trinajstić information content (AvgIpc) is 2.32. The van der Waals surface area contributed by atoms with Crippen LogP contribution in [0.5, 0.6) is 0 Å². The molecule has 0 saturated carbocycles. The van der Waals surface area contributed by atoms with Gasteiger partial charge in [0, 0.05) is 13.5 Å². The first-order valence-electron chi connectivity index (χ1n) is 5.41. The summed E-state index contributed by atoms with van der Waals surface area (Å²) >= 11 is 0. The SMILES string of the molecule is COCC1=NC(=O)N[C@@H](c2ccc(F)c(F)c2)C1. The molecule has 1 N–H and O–H groups in total. The van der Waals surface area contributed by atoms with Crippen LogP contribution in [-0.4, -0.2) is 25.5 Å². The van der Waals surface area contributed by atoms with Gasteiger partial charge in [0.15, 0.2) is 11.6 Å². The Morgan fingerprint density at radius 2 is 2.22 bits per heavy atom. The van der Waals surface area contributed by atoms with Gasteiger partial charge >= 0.3 is 6.03 Å². The number of hydrogen-bond acceptors (Lipinski definition) is 2. The quantitative estimate of drug-likeness (QED) is 0.899. The molecule has 1 heterocycles. The average molecular weight is 254 g/mol. The van der Waals surface area contributed by atoms with E-state index >= 15 is 0 Å². The molecular formula is C12H12F2N2O2. The molecule has 0 aliphatic carbocycles. The van der Waals surface area contributed by atoms with E-state index in [9.17, 15) is 13.6 Å². The predicted octanol–water partition coefficient (Wildman–Crippen LogP) is 2.21. The Bertz CT molecular complexity index is 503. The minimum atomic E-state index is -0.933. The van der Waals surface area contributed by atoms with Crippen LogP contribution >= 0.6 is 0 Å². The van der Waals surface area contributed by atoms with Crippen molar-refractivity contribution in [3.05, 3.63) is 35.4 Å². The van der Waals surface area contributed by atoms with Crippen LogP contribution in [0.3, 0.4) is 0 Å². The number of carbonyl (C=O) groups is 1. The summed E-state index contributed by atoms with van der Waals surface area (Å²) in [7, 11) is 1.50. The number of ether oxygens (including phenoxy) is 1. The fraction of sp³-hybridized carbons (Fsp3) is 0.333. The fourth-order valence-electron chi connectivity index (χ4n) is 1.85. The number of aliphatic imine (C=N–C) groups is 1. The Morgan fingerprint density at radius 1 is 1.44 bits per heavy atom. The number of hydrogen-bond donors (Lipinski definition) is 1. The fourth-order valence-corrected chi connectivity index (χ4v) is 1.85. The maximum absolute atomic E-state index is 13.1. The second-order valence-corrected chi connectivity index (χ2v) is 3.99. The summed E-state index contributed by atoms with van der Waals surface area (Å²) in [5.74, 6) is -1.84. The summed E-state index contributed by atoms with van der Waals surface area (Å²) in [5.41, 5.74) is 1.08. The lowest BCUT2D eigenvalue weighted by atomic mass is 10.00. The number of carbonyl (C=O) groups excluding carboxylic acids is 1. The molecule has 2 amide bonds. The zero-order valence-corrected chi connectivity index (χ0v) is 9.74. The molecule has 1 aromatic carbocycles. The molecule has 1 aromatic rings. The van der Waals surface area contributed by atoms with Gasteiger partial charge in [-0.2, -0.15) is 0 Å². The Labute approximate surface area is 103 Å². The van der Waals surface area contributed by atoms with Crippen molar-refractivity contribution in [2.75, 3.05) is 13.7 Å². The molecule has 1 aliphatic heterocycles. The minimum Gasteiger partial charge on any atom is -0.379 e. The molecule has 96 valence electrons. The van der Waals surface area contributed by atoms with Crippen molar-refractivity contribution >= 4 is 11.7 Å². The first-order valence-corrected chi connectivity index (χ1v) is 5.41. The number of urea groups is 1. The van der Waals surface area contributed by atoms with E-state index < -0.39 is 23.7 Å². The number of rotatable bonds is 3. The normalized spacial score (nSPS) is 19.4. The van der Waals surface area contributed by atoms with Gasteiger partial charge < -0.3 is 10.1 Å². The molecule has 0 spiro atoms. The third-order valence-corrected chi connectivity index (χ3v) is 2.65. The molecule has 6 heteroatoms. The first kappa shape index (κ1) is 12.6. The van der Waals surface area contributed by atoms with Crippen molar-refractivity contribution in [3.8, 4) is 0 Å². The molecule has 0 bridgehead atoms. The molecule has 0 fully saturated rings. The number of amides is 2. The lowest BCUT2D eigenvalue weighted by molar-refractivity contribution is 0.233. The van der Waals surface area contributed by atoms with Crippen LogP contribution in [0.1, 0.15) is 18.0 Å². The molecule has 2 rings (SSSR count). The minimum absolute atomic E-state index is 0.244. The van der Waals surface area contributed by atoms with E-state index in [4.69, 9.17) is 4.74 Å². The van der Waals surface area contributed by atoms with Gasteiger partial charge in [-0.25, -0.2) is 18.6 Å². The van der Waals surface area contributed by atoms with Crippen molar-refractivity contribution in [1.29, 1.82) is 0 Å². The zero-order chi connectivity index (χ0) is 13.1. The van der Waals surface area contributed by atoms with E-state index in [-0.39, 0.29) is 6.61 Å². The van der Waals surface area contributed by atoms with Crippen LogP contribution in [-0.2, 0) is 4.74 Å². The van der Waals surface area contributed by atoms with Crippen LogP contribution in [0.4, 0.5) is 13.6 Å². The van der Waals surface area contributed by atoms with Crippen molar-refractivity contribution in [1.82, 2.24) is 5.32 Å². The van der Waals surface area contributed by atoms with Crippen LogP contribution in [0, 0.1) is 11.6 Å². The van der Waals surface area contributed by atoms with E-state index in [0.717, 1.165) is 12.1 Å². The highest BCUT2D eigenvalue weighted by Crippen LogP contribution is 2.22. The Kier molecular flexibility index (Phi) is 3.66. The summed E-state index contributed by atoms with van der Waals surface area (Å²) in [6.07, 6.45) is 0.421. The number of halogens is 2. The summed E-state index contributed by atoms with van der Waals surface area (Å²) < 4.78 is 30.9. The topological polar surface area (TPSA) is 50.7 Å². The standard InChI is InChI=1S/C12H12F2N2O2/c1-18-6-8-5-11(16-12(17)15-8)7-2-3-9(13)10(14)4-7/h2-4,11H,5-6H2,1H3,(H,16,17)/t11-/m1/s1. The number of methoxy groups -OCH3 is 1. The van der Waals surface area contributed by atoms with Gasteiger partial charge in [0.25, 0.3) is 0 Å². The third-order valence-electron chi connectivity index (χ3n) is 2.65. The summed E-state index contributed by atoms with van der Waals surface area (Å²) in [5, 5.41) is 2.60. The summed E-state index contributed by atoms with van der Waals surface area (Å²) in [6.45, 7) is 0.244. The van der Waals surface area contributed by atoms with Crippen LogP contribution in [0.2, 0.25) is 0 Å². The van der Waals surface area contributed by atoms with E-state index in [1.165, 1.54) is 13.2 Å². The van der Waals surface area contributed by atoms with E-state index in [0.29, 0.717) is 17.7 Å². The van der Waals surface area contributed by atoms with Gasteiger partial charge in [-0.1, -0.05) is 6.07 Å². The van der Waals surface area contributed by atoms with Gasteiger partial charge in [-0.3, -0.25) is 0 Å². The second kappa shape index (κ2) is 5.22. The summed E-state index contributed by atoms with van der Waals surface area (Å²) in [4.78, 5) is 15.1.